The monoisotopic (exact) mass is 139 g/mol. The zero-order valence-electron chi connectivity index (χ0n) is 6.72. The maximum Gasteiger partial charge on any atom is 0.0540 e. The van der Waals surface area contributed by atoms with Gasteiger partial charge in [-0.25, -0.2) is 0 Å². The molecule has 0 saturated heterocycles. The lowest BCUT2D eigenvalue weighted by atomic mass is 9.95. The second-order valence-electron chi connectivity index (χ2n) is 2.62. The van der Waals surface area contributed by atoms with Crippen molar-refractivity contribution >= 4 is 0 Å². The van der Waals surface area contributed by atoms with E-state index >= 15 is 0 Å². The Hall–Kier alpha value is -0.480. The summed E-state index contributed by atoms with van der Waals surface area (Å²) >= 11 is 0. The Bertz CT molecular complexity index is 110. The van der Waals surface area contributed by atoms with E-state index in [2.05, 4.69) is 12.8 Å². The highest BCUT2D eigenvalue weighted by atomic mass is 16.3. The molecule has 0 fully saturated rings. The molecule has 0 aliphatic carbocycles. The average Bonchev–Trinajstić information content (AvgIpc) is 1.89. The van der Waals surface area contributed by atoms with E-state index in [9.17, 15) is 0 Å². The SMILES string of the molecule is [C]#CCCC(CC)C(C)O. The quantitative estimate of drug-likeness (QED) is 0.588. The zero-order chi connectivity index (χ0) is 7.98. The van der Waals surface area contributed by atoms with Crippen molar-refractivity contribution in [1.82, 2.24) is 0 Å². The van der Waals surface area contributed by atoms with Crippen LogP contribution in [0.15, 0.2) is 0 Å². The summed E-state index contributed by atoms with van der Waals surface area (Å²) < 4.78 is 0. The lowest BCUT2D eigenvalue weighted by Crippen LogP contribution is -2.15. The number of rotatable bonds is 4. The van der Waals surface area contributed by atoms with Crippen LogP contribution in [-0.4, -0.2) is 11.2 Å². The first-order valence-electron chi connectivity index (χ1n) is 3.80. The fourth-order valence-corrected chi connectivity index (χ4v) is 1.04. The Balaban J connectivity index is 3.52. The van der Waals surface area contributed by atoms with Crippen LogP contribution in [0.1, 0.15) is 33.1 Å². The molecule has 1 heteroatoms. The van der Waals surface area contributed by atoms with Crippen LogP contribution < -0.4 is 0 Å². The van der Waals surface area contributed by atoms with Crippen molar-refractivity contribution in [1.29, 1.82) is 0 Å². The fraction of sp³-hybridized carbons (Fsp3) is 0.778. The van der Waals surface area contributed by atoms with E-state index in [0.29, 0.717) is 12.3 Å². The van der Waals surface area contributed by atoms with Gasteiger partial charge in [-0.05, 0) is 25.7 Å². The van der Waals surface area contributed by atoms with Crippen LogP contribution in [0.2, 0.25) is 0 Å². The highest BCUT2D eigenvalue weighted by molar-refractivity contribution is 4.77. The summed E-state index contributed by atoms with van der Waals surface area (Å²) in [6.45, 7) is 3.86. The average molecular weight is 139 g/mol. The first-order chi connectivity index (χ1) is 4.72. The van der Waals surface area contributed by atoms with Crippen molar-refractivity contribution in [3.8, 4) is 5.92 Å². The predicted molar refractivity (Wildman–Crippen MR) is 41.8 cm³/mol. The third-order valence-corrected chi connectivity index (χ3v) is 1.85. The lowest BCUT2D eigenvalue weighted by molar-refractivity contribution is 0.118. The summed E-state index contributed by atoms with van der Waals surface area (Å²) in [5.41, 5.74) is 0. The van der Waals surface area contributed by atoms with Gasteiger partial charge in [0.25, 0.3) is 0 Å². The Morgan fingerprint density at radius 2 is 2.20 bits per heavy atom. The van der Waals surface area contributed by atoms with Crippen LogP contribution in [0.5, 0.6) is 0 Å². The molecule has 0 bridgehead atoms. The van der Waals surface area contributed by atoms with E-state index in [0.717, 1.165) is 12.8 Å². The number of hydrogen-bond donors (Lipinski definition) is 1. The predicted octanol–water partition coefficient (Wildman–Crippen LogP) is 1.76. The van der Waals surface area contributed by atoms with Crippen molar-refractivity contribution in [3.05, 3.63) is 6.42 Å². The van der Waals surface area contributed by atoms with Gasteiger partial charge < -0.3 is 5.11 Å². The number of hydrogen-bond acceptors (Lipinski definition) is 1. The van der Waals surface area contributed by atoms with E-state index in [1.807, 2.05) is 0 Å². The minimum absolute atomic E-state index is 0.238. The third kappa shape index (κ3) is 3.53. The molecular formula is C9H15O. The largest absolute Gasteiger partial charge is 0.393 e. The minimum atomic E-state index is -0.238. The molecule has 1 radical (unpaired) electrons. The summed E-state index contributed by atoms with van der Waals surface area (Å²) in [5, 5.41) is 9.15. The molecule has 0 rings (SSSR count). The summed E-state index contributed by atoms with van der Waals surface area (Å²) in [4.78, 5) is 0. The Labute approximate surface area is 63.5 Å². The molecule has 0 aromatic heterocycles. The van der Waals surface area contributed by atoms with Gasteiger partial charge in [-0.1, -0.05) is 19.3 Å². The van der Waals surface area contributed by atoms with Gasteiger partial charge in [-0.15, -0.1) is 0 Å². The van der Waals surface area contributed by atoms with Gasteiger partial charge in [0.1, 0.15) is 0 Å². The van der Waals surface area contributed by atoms with Crippen LogP contribution in [-0.2, 0) is 0 Å². The molecule has 0 saturated carbocycles. The molecule has 2 unspecified atom stereocenters. The Morgan fingerprint density at radius 3 is 2.50 bits per heavy atom. The van der Waals surface area contributed by atoms with E-state index < -0.39 is 0 Å². The van der Waals surface area contributed by atoms with Gasteiger partial charge in [0.05, 0.1) is 6.10 Å². The first kappa shape index (κ1) is 9.52. The summed E-state index contributed by atoms with van der Waals surface area (Å²) in [5.74, 6) is 2.67. The summed E-state index contributed by atoms with van der Waals surface area (Å²) in [7, 11) is 0. The van der Waals surface area contributed by atoms with Gasteiger partial charge in [0.2, 0.25) is 0 Å². The molecule has 10 heavy (non-hydrogen) atoms. The third-order valence-electron chi connectivity index (χ3n) is 1.85. The van der Waals surface area contributed by atoms with Crippen LogP contribution in [0.4, 0.5) is 0 Å². The second kappa shape index (κ2) is 5.32. The highest BCUT2D eigenvalue weighted by Crippen LogP contribution is 2.14. The Kier molecular flexibility index (Phi) is 5.06. The van der Waals surface area contributed by atoms with Crippen molar-refractivity contribution in [2.75, 3.05) is 0 Å². The molecule has 0 spiro atoms. The van der Waals surface area contributed by atoms with Gasteiger partial charge in [-0.2, -0.15) is 0 Å². The molecule has 0 heterocycles. The normalized spacial score (nSPS) is 15.8. The van der Waals surface area contributed by atoms with Crippen LogP contribution in [0, 0.1) is 18.3 Å². The molecule has 0 aromatic carbocycles. The van der Waals surface area contributed by atoms with Gasteiger partial charge in [0, 0.05) is 6.42 Å². The molecule has 57 valence electrons. The van der Waals surface area contributed by atoms with Gasteiger partial charge in [0.15, 0.2) is 0 Å². The molecule has 0 amide bonds. The van der Waals surface area contributed by atoms with Crippen molar-refractivity contribution < 1.29 is 5.11 Å². The number of aliphatic hydroxyl groups excluding tert-OH is 1. The van der Waals surface area contributed by atoms with Crippen LogP contribution >= 0.6 is 0 Å². The summed E-state index contributed by atoms with van der Waals surface area (Å²) in [6.07, 6.45) is 8.98. The summed E-state index contributed by atoms with van der Waals surface area (Å²) in [6, 6.07) is 0. The maximum absolute atomic E-state index is 9.15. The van der Waals surface area contributed by atoms with Gasteiger partial charge in [-0.3, -0.25) is 0 Å². The minimum Gasteiger partial charge on any atom is -0.393 e. The molecule has 1 nitrogen and oxygen atoms in total. The van der Waals surface area contributed by atoms with Crippen molar-refractivity contribution in [3.63, 3.8) is 0 Å². The second-order valence-corrected chi connectivity index (χ2v) is 2.62. The van der Waals surface area contributed by atoms with Crippen LogP contribution in [0.25, 0.3) is 0 Å². The van der Waals surface area contributed by atoms with E-state index in [1.54, 1.807) is 6.92 Å². The fourth-order valence-electron chi connectivity index (χ4n) is 1.04. The number of aliphatic hydroxyl groups is 1. The molecule has 0 aromatic rings. The van der Waals surface area contributed by atoms with Crippen molar-refractivity contribution in [2.24, 2.45) is 5.92 Å². The zero-order valence-corrected chi connectivity index (χ0v) is 6.72. The van der Waals surface area contributed by atoms with E-state index in [1.165, 1.54) is 0 Å². The van der Waals surface area contributed by atoms with E-state index in [4.69, 9.17) is 11.5 Å². The lowest BCUT2D eigenvalue weighted by Gasteiger charge is -2.15. The topological polar surface area (TPSA) is 20.2 Å². The standard InChI is InChI=1S/C9H15O/c1-4-6-7-9(5-2)8(3)10/h8-10H,5-7H2,2-3H3. The smallest absolute Gasteiger partial charge is 0.0540 e. The van der Waals surface area contributed by atoms with Crippen LogP contribution in [0.3, 0.4) is 0 Å². The maximum atomic E-state index is 9.15. The Morgan fingerprint density at radius 1 is 1.60 bits per heavy atom. The first-order valence-corrected chi connectivity index (χ1v) is 3.80. The molecule has 0 aliphatic heterocycles. The van der Waals surface area contributed by atoms with Gasteiger partial charge >= 0.3 is 0 Å². The molecule has 0 aliphatic rings. The molecule has 2 atom stereocenters. The molecule has 1 N–H and O–H groups in total. The highest BCUT2D eigenvalue weighted by Gasteiger charge is 2.10. The van der Waals surface area contributed by atoms with E-state index in [-0.39, 0.29) is 6.10 Å². The van der Waals surface area contributed by atoms with Crippen molar-refractivity contribution in [2.45, 2.75) is 39.2 Å². The molecular weight excluding hydrogens is 124 g/mol.